The van der Waals surface area contributed by atoms with Crippen molar-refractivity contribution >= 4 is 23.6 Å². The van der Waals surface area contributed by atoms with E-state index in [1.165, 1.54) is 17.8 Å². The Balaban J connectivity index is 1.50. The van der Waals surface area contributed by atoms with E-state index < -0.39 is 0 Å². The van der Waals surface area contributed by atoms with Crippen molar-refractivity contribution in [3.8, 4) is 17.1 Å². The van der Waals surface area contributed by atoms with Crippen molar-refractivity contribution in [2.24, 2.45) is 0 Å². The van der Waals surface area contributed by atoms with Crippen LogP contribution in [-0.2, 0) is 9.59 Å². The Morgan fingerprint density at radius 1 is 1.09 bits per heavy atom. The van der Waals surface area contributed by atoms with Crippen molar-refractivity contribution in [3.05, 3.63) is 59.9 Å². The van der Waals surface area contributed by atoms with Gasteiger partial charge in [-0.25, -0.2) is 4.39 Å². The molecule has 0 aliphatic carbocycles. The number of aromatic nitrogens is 3. The molecule has 7 nitrogen and oxygen atoms in total. The highest BCUT2D eigenvalue weighted by Crippen LogP contribution is 2.29. The lowest BCUT2D eigenvalue weighted by Crippen LogP contribution is -2.46. The molecule has 1 aliphatic heterocycles. The summed E-state index contributed by atoms with van der Waals surface area (Å²) in [5.41, 5.74) is 2.24. The number of nitrogens with zero attached hydrogens (tertiary/aromatic N) is 4. The molecule has 2 aromatic carbocycles. The zero-order valence-corrected chi connectivity index (χ0v) is 19.4. The molecule has 0 saturated carbocycles. The van der Waals surface area contributed by atoms with Gasteiger partial charge in [0.1, 0.15) is 5.82 Å². The van der Waals surface area contributed by atoms with Crippen molar-refractivity contribution in [1.82, 2.24) is 25.0 Å². The van der Waals surface area contributed by atoms with Gasteiger partial charge >= 0.3 is 0 Å². The van der Waals surface area contributed by atoms with Gasteiger partial charge in [-0.2, -0.15) is 0 Å². The van der Waals surface area contributed by atoms with Crippen LogP contribution in [0.4, 0.5) is 4.39 Å². The number of hydrogen-bond donors (Lipinski definition) is 1. The first kappa shape index (κ1) is 23.0. The Kier molecular flexibility index (Phi) is 7.08. The minimum atomic E-state index is -0.385. The lowest BCUT2D eigenvalue weighted by atomic mass is 10.1. The van der Waals surface area contributed by atoms with E-state index in [2.05, 4.69) is 15.5 Å². The Morgan fingerprint density at radius 3 is 2.45 bits per heavy atom. The van der Waals surface area contributed by atoms with Gasteiger partial charge in [-0.05, 0) is 44.0 Å². The van der Waals surface area contributed by atoms with E-state index >= 15 is 0 Å². The normalized spacial score (nSPS) is 14.3. The number of nitrogens with one attached hydrogen (secondary N) is 1. The zero-order valence-electron chi connectivity index (χ0n) is 18.6. The number of aryl methyl sites for hydroxylation is 1. The highest BCUT2D eigenvalue weighted by molar-refractivity contribution is 7.99. The second kappa shape index (κ2) is 10.2. The first-order valence-corrected chi connectivity index (χ1v) is 11.9. The van der Waals surface area contributed by atoms with Gasteiger partial charge in [0.25, 0.3) is 0 Å². The van der Waals surface area contributed by atoms with Crippen molar-refractivity contribution < 1.29 is 14.0 Å². The number of halogens is 1. The molecule has 3 aromatic rings. The van der Waals surface area contributed by atoms with Gasteiger partial charge in [0, 0.05) is 31.7 Å². The van der Waals surface area contributed by atoms with E-state index in [0.29, 0.717) is 29.6 Å². The molecule has 2 amide bonds. The van der Waals surface area contributed by atoms with E-state index in [1.807, 2.05) is 31.2 Å². The van der Waals surface area contributed by atoms with Crippen LogP contribution in [-0.4, -0.2) is 56.4 Å². The Morgan fingerprint density at radius 2 is 1.79 bits per heavy atom. The zero-order chi connectivity index (χ0) is 23.4. The maximum Gasteiger partial charge on any atom is 0.230 e. The number of benzene rings is 2. The lowest BCUT2D eigenvalue weighted by molar-refractivity contribution is -0.130. The Bertz CT molecular complexity index is 1140. The first-order chi connectivity index (χ1) is 15.9. The largest absolute Gasteiger partial charge is 0.353 e. The Hall–Kier alpha value is -3.20. The van der Waals surface area contributed by atoms with Crippen molar-refractivity contribution in [3.63, 3.8) is 0 Å². The van der Waals surface area contributed by atoms with Gasteiger partial charge in [0.2, 0.25) is 11.8 Å². The summed E-state index contributed by atoms with van der Waals surface area (Å²) in [6.45, 7) is 4.87. The minimum Gasteiger partial charge on any atom is -0.353 e. The third-order valence-electron chi connectivity index (χ3n) is 5.68. The van der Waals surface area contributed by atoms with Crippen LogP contribution in [0.5, 0.6) is 0 Å². The van der Waals surface area contributed by atoms with Crippen LogP contribution in [0.2, 0.25) is 0 Å². The summed E-state index contributed by atoms with van der Waals surface area (Å²) < 4.78 is 16.3. The van der Waals surface area contributed by atoms with E-state index in [1.54, 1.807) is 34.6 Å². The number of hydrogen-bond acceptors (Lipinski definition) is 5. The average Bonchev–Trinajstić information content (AvgIpc) is 3.22. The first-order valence-electron chi connectivity index (χ1n) is 10.9. The summed E-state index contributed by atoms with van der Waals surface area (Å²) in [4.78, 5) is 25.9. The Labute approximate surface area is 196 Å². The smallest absolute Gasteiger partial charge is 0.230 e. The van der Waals surface area contributed by atoms with Gasteiger partial charge in [0.05, 0.1) is 11.3 Å². The predicted molar refractivity (Wildman–Crippen MR) is 126 cm³/mol. The lowest BCUT2D eigenvalue weighted by Gasteiger charge is -2.31. The summed E-state index contributed by atoms with van der Waals surface area (Å²) in [5, 5.41) is 12.1. The number of carbonyl (C=O) groups excluding carboxylic acids is 2. The summed E-state index contributed by atoms with van der Waals surface area (Å²) in [6, 6.07) is 14.3. The molecule has 0 atom stereocenters. The summed E-state index contributed by atoms with van der Waals surface area (Å²) in [7, 11) is 0. The highest BCUT2D eigenvalue weighted by atomic mass is 32.2. The third kappa shape index (κ3) is 5.42. The van der Waals surface area contributed by atoms with Crippen LogP contribution in [0.25, 0.3) is 17.1 Å². The van der Waals surface area contributed by atoms with Gasteiger partial charge in [-0.15, -0.1) is 10.2 Å². The van der Waals surface area contributed by atoms with Gasteiger partial charge in [0.15, 0.2) is 11.0 Å². The molecule has 2 heterocycles. The molecule has 1 aromatic heterocycles. The molecule has 0 unspecified atom stereocenters. The second-order valence-electron chi connectivity index (χ2n) is 8.09. The van der Waals surface area contributed by atoms with Crippen LogP contribution in [0.3, 0.4) is 0 Å². The number of piperidine rings is 1. The topological polar surface area (TPSA) is 80.1 Å². The molecule has 1 aliphatic rings. The van der Waals surface area contributed by atoms with E-state index in [-0.39, 0.29) is 29.4 Å². The van der Waals surface area contributed by atoms with Gasteiger partial charge in [-0.3, -0.25) is 14.2 Å². The van der Waals surface area contributed by atoms with Crippen LogP contribution in [0, 0.1) is 12.7 Å². The number of rotatable bonds is 6. The van der Waals surface area contributed by atoms with E-state index in [9.17, 15) is 14.0 Å². The van der Waals surface area contributed by atoms with Gasteiger partial charge in [-0.1, -0.05) is 41.6 Å². The van der Waals surface area contributed by atoms with E-state index in [4.69, 9.17) is 0 Å². The molecule has 1 N–H and O–H groups in total. The molecule has 33 heavy (non-hydrogen) atoms. The van der Waals surface area contributed by atoms with E-state index in [0.717, 1.165) is 24.1 Å². The minimum absolute atomic E-state index is 0.0534. The fourth-order valence-electron chi connectivity index (χ4n) is 3.85. The molecule has 1 fully saturated rings. The fraction of sp³-hybridized carbons (Fsp3) is 0.333. The van der Waals surface area contributed by atoms with Crippen LogP contribution in [0.1, 0.15) is 25.3 Å². The van der Waals surface area contributed by atoms with Crippen molar-refractivity contribution in [2.75, 3.05) is 18.8 Å². The van der Waals surface area contributed by atoms with Crippen molar-refractivity contribution in [1.29, 1.82) is 0 Å². The molecule has 9 heteroatoms. The quantitative estimate of drug-likeness (QED) is 0.561. The molecular weight excluding hydrogens is 441 g/mol. The molecule has 1 saturated heterocycles. The maximum absolute atomic E-state index is 14.5. The number of amides is 2. The summed E-state index contributed by atoms with van der Waals surface area (Å²) >= 11 is 1.26. The van der Waals surface area contributed by atoms with Crippen LogP contribution in [0.15, 0.2) is 53.7 Å². The maximum atomic E-state index is 14.5. The molecule has 0 bridgehead atoms. The summed E-state index contributed by atoms with van der Waals surface area (Å²) in [6.07, 6.45) is 1.49. The third-order valence-corrected chi connectivity index (χ3v) is 6.61. The van der Waals surface area contributed by atoms with Crippen LogP contribution < -0.4 is 5.32 Å². The number of thioether (sulfide) groups is 1. The number of carbonyl (C=O) groups is 2. The average molecular weight is 468 g/mol. The molecule has 0 radical (unpaired) electrons. The SMILES string of the molecule is CC(=O)N1CCC(NC(=O)CSc2nnc(-c3ccccc3F)n2-c2ccc(C)cc2)CC1. The predicted octanol–water partition coefficient (Wildman–Crippen LogP) is 3.60. The second-order valence-corrected chi connectivity index (χ2v) is 9.04. The van der Waals surface area contributed by atoms with Gasteiger partial charge < -0.3 is 10.2 Å². The fourth-order valence-corrected chi connectivity index (χ4v) is 4.61. The monoisotopic (exact) mass is 467 g/mol. The summed E-state index contributed by atoms with van der Waals surface area (Å²) in [5.74, 6) is 0.123. The standard InChI is InChI=1S/C24H26FN5O2S/c1-16-7-9-19(10-8-16)30-23(20-5-3-4-6-21(20)25)27-28-24(30)33-15-22(32)26-18-11-13-29(14-12-18)17(2)31/h3-10,18H,11-15H2,1-2H3,(H,26,32). The molecular formula is C24H26FN5O2S. The molecule has 172 valence electrons. The number of likely N-dealkylation sites (tertiary alicyclic amines) is 1. The van der Waals surface area contributed by atoms with Crippen LogP contribution >= 0.6 is 11.8 Å². The molecule has 0 spiro atoms. The van der Waals surface area contributed by atoms with Crippen molar-refractivity contribution in [2.45, 2.75) is 37.9 Å². The highest BCUT2D eigenvalue weighted by Gasteiger charge is 2.23. The molecule has 4 rings (SSSR count).